The lowest BCUT2D eigenvalue weighted by atomic mass is 10.2. The maximum Gasteiger partial charge on any atom is 0.210 e. The SMILES string of the molecule is O=P(O)(CCc1ccccc1)CP(=O)(O)CCc1ccccc1. The van der Waals surface area contributed by atoms with Gasteiger partial charge in [0.15, 0.2) is 0 Å². The van der Waals surface area contributed by atoms with E-state index < -0.39 is 20.6 Å². The van der Waals surface area contributed by atoms with Crippen LogP contribution in [0.15, 0.2) is 60.7 Å². The molecule has 0 bridgehead atoms. The summed E-state index contributed by atoms with van der Waals surface area (Å²) < 4.78 is 24.5. The molecule has 0 saturated carbocycles. The van der Waals surface area contributed by atoms with E-state index in [0.717, 1.165) is 11.1 Å². The normalized spacial score (nSPS) is 16.4. The van der Waals surface area contributed by atoms with Crippen molar-refractivity contribution in [3.8, 4) is 0 Å². The highest BCUT2D eigenvalue weighted by Gasteiger charge is 2.30. The van der Waals surface area contributed by atoms with Crippen LogP contribution in [0.4, 0.5) is 0 Å². The van der Waals surface area contributed by atoms with E-state index in [1.165, 1.54) is 0 Å². The molecule has 2 unspecified atom stereocenters. The minimum Gasteiger partial charge on any atom is -0.344 e. The maximum absolute atomic E-state index is 12.2. The van der Waals surface area contributed by atoms with Crippen molar-refractivity contribution in [1.29, 1.82) is 0 Å². The topological polar surface area (TPSA) is 74.6 Å². The van der Waals surface area contributed by atoms with Crippen LogP contribution in [0.25, 0.3) is 0 Å². The Balaban J connectivity index is 1.87. The van der Waals surface area contributed by atoms with Gasteiger partial charge in [0.1, 0.15) is 5.90 Å². The minimum atomic E-state index is -3.61. The number of benzene rings is 2. The average molecular weight is 352 g/mol. The molecule has 2 atom stereocenters. The number of hydrogen-bond acceptors (Lipinski definition) is 2. The summed E-state index contributed by atoms with van der Waals surface area (Å²) in [7, 11) is -7.23. The number of rotatable bonds is 8. The number of aryl methyl sites for hydroxylation is 2. The van der Waals surface area contributed by atoms with Crippen molar-refractivity contribution in [1.82, 2.24) is 0 Å². The predicted molar refractivity (Wildman–Crippen MR) is 94.5 cm³/mol. The van der Waals surface area contributed by atoms with Crippen molar-refractivity contribution in [2.75, 3.05) is 18.2 Å². The lowest BCUT2D eigenvalue weighted by molar-refractivity contribution is 0.465. The minimum absolute atomic E-state index is 0.0346. The molecule has 0 saturated heterocycles. The van der Waals surface area contributed by atoms with E-state index in [1.807, 2.05) is 60.7 Å². The highest BCUT2D eigenvalue weighted by atomic mass is 31.2. The van der Waals surface area contributed by atoms with Crippen LogP contribution >= 0.6 is 14.7 Å². The van der Waals surface area contributed by atoms with Gasteiger partial charge in [0.25, 0.3) is 0 Å². The molecule has 0 spiro atoms. The first-order valence-corrected chi connectivity index (χ1v) is 11.6. The second kappa shape index (κ2) is 8.08. The van der Waals surface area contributed by atoms with Gasteiger partial charge >= 0.3 is 0 Å². The van der Waals surface area contributed by atoms with Gasteiger partial charge in [-0.15, -0.1) is 0 Å². The van der Waals surface area contributed by atoms with Gasteiger partial charge in [0.05, 0.1) is 0 Å². The zero-order chi connectivity index (χ0) is 16.8. The summed E-state index contributed by atoms with van der Waals surface area (Å²) in [5.41, 5.74) is 1.91. The second-order valence-corrected chi connectivity index (χ2v) is 11.2. The molecule has 6 heteroatoms. The second-order valence-electron chi connectivity index (χ2n) is 5.75. The molecule has 0 fully saturated rings. The van der Waals surface area contributed by atoms with Crippen LogP contribution in [0.5, 0.6) is 0 Å². The molecule has 0 radical (unpaired) electrons. The Labute approximate surface area is 137 Å². The van der Waals surface area contributed by atoms with Crippen molar-refractivity contribution in [2.45, 2.75) is 12.8 Å². The monoisotopic (exact) mass is 352 g/mol. The summed E-state index contributed by atoms with van der Waals surface area (Å²) in [6.45, 7) is 0. The van der Waals surface area contributed by atoms with E-state index in [0.29, 0.717) is 12.8 Å². The molecule has 0 aliphatic carbocycles. The largest absolute Gasteiger partial charge is 0.344 e. The molecule has 4 nitrogen and oxygen atoms in total. The van der Waals surface area contributed by atoms with Gasteiger partial charge in [-0.25, -0.2) is 0 Å². The smallest absolute Gasteiger partial charge is 0.210 e. The van der Waals surface area contributed by atoms with Gasteiger partial charge in [0.2, 0.25) is 14.7 Å². The van der Waals surface area contributed by atoms with Crippen molar-refractivity contribution < 1.29 is 18.9 Å². The standard InChI is InChI=1S/C17H22O4P2/c18-22(19,13-11-16-7-3-1-4-8-16)15-23(20,21)14-12-17-9-5-2-6-10-17/h1-10H,11-15H2,(H,18,19)(H,20,21). The lowest BCUT2D eigenvalue weighted by Gasteiger charge is -2.16. The Morgan fingerprint density at radius 2 is 1.00 bits per heavy atom. The van der Waals surface area contributed by atoms with E-state index in [2.05, 4.69) is 0 Å². The van der Waals surface area contributed by atoms with E-state index in [1.54, 1.807) is 0 Å². The van der Waals surface area contributed by atoms with E-state index in [9.17, 15) is 18.9 Å². The van der Waals surface area contributed by atoms with Crippen LogP contribution in [0.1, 0.15) is 11.1 Å². The molecule has 23 heavy (non-hydrogen) atoms. The van der Waals surface area contributed by atoms with Crippen molar-refractivity contribution in [2.24, 2.45) is 0 Å². The zero-order valence-corrected chi connectivity index (χ0v) is 14.7. The third-order valence-electron chi connectivity index (χ3n) is 3.63. The highest BCUT2D eigenvalue weighted by Crippen LogP contribution is 2.57. The summed E-state index contributed by atoms with van der Waals surface area (Å²) in [6.07, 6.45) is 0.945. The molecule has 2 aromatic carbocycles. The van der Waals surface area contributed by atoms with Crippen LogP contribution in [-0.2, 0) is 22.0 Å². The fraction of sp³-hybridized carbons (Fsp3) is 0.294. The fourth-order valence-electron chi connectivity index (χ4n) is 2.38. The Morgan fingerprint density at radius 1 is 0.652 bits per heavy atom. The van der Waals surface area contributed by atoms with Gasteiger partial charge in [-0.1, -0.05) is 60.7 Å². The van der Waals surface area contributed by atoms with Crippen molar-refractivity contribution >= 4 is 14.7 Å². The fourth-order valence-corrected chi connectivity index (χ4v) is 7.49. The molecule has 0 aliphatic rings. The number of hydrogen-bond donors (Lipinski definition) is 2. The molecule has 124 valence electrons. The van der Waals surface area contributed by atoms with Crippen LogP contribution < -0.4 is 0 Å². The van der Waals surface area contributed by atoms with Crippen molar-refractivity contribution in [3.63, 3.8) is 0 Å². The Hall–Kier alpha value is -1.18. The van der Waals surface area contributed by atoms with Crippen LogP contribution in [-0.4, -0.2) is 28.0 Å². The lowest BCUT2D eigenvalue weighted by Crippen LogP contribution is -2.03. The van der Waals surface area contributed by atoms with Gasteiger partial charge in [-0.05, 0) is 24.0 Å². The first kappa shape index (κ1) is 18.2. The van der Waals surface area contributed by atoms with Gasteiger partial charge in [0, 0.05) is 12.3 Å². The first-order valence-electron chi connectivity index (χ1n) is 7.56. The summed E-state index contributed by atoms with van der Waals surface area (Å²) in [5.74, 6) is -0.500. The third kappa shape index (κ3) is 6.85. The third-order valence-corrected chi connectivity index (χ3v) is 9.01. The van der Waals surface area contributed by atoms with Crippen molar-refractivity contribution in [3.05, 3.63) is 71.8 Å². The average Bonchev–Trinajstić information content (AvgIpc) is 2.52. The predicted octanol–water partition coefficient (Wildman–Crippen LogP) is 3.97. The van der Waals surface area contributed by atoms with Gasteiger partial charge in [-0.3, -0.25) is 9.13 Å². The Bertz CT molecular complexity index is 640. The van der Waals surface area contributed by atoms with E-state index >= 15 is 0 Å². The van der Waals surface area contributed by atoms with Crippen LogP contribution in [0.3, 0.4) is 0 Å². The molecule has 2 rings (SSSR count). The van der Waals surface area contributed by atoms with E-state index in [4.69, 9.17) is 0 Å². The maximum atomic E-state index is 12.2. The molecule has 0 amide bonds. The van der Waals surface area contributed by atoms with E-state index in [-0.39, 0.29) is 12.3 Å². The first-order chi connectivity index (χ1) is 10.9. The molecular weight excluding hydrogens is 330 g/mol. The van der Waals surface area contributed by atoms with Gasteiger partial charge in [-0.2, -0.15) is 0 Å². The molecule has 2 aromatic rings. The summed E-state index contributed by atoms with van der Waals surface area (Å²) in [5, 5.41) is 0. The summed E-state index contributed by atoms with van der Waals surface area (Å²) in [6, 6.07) is 18.8. The molecular formula is C17H22O4P2. The summed E-state index contributed by atoms with van der Waals surface area (Å²) in [4.78, 5) is 20.1. The molecule has 0 aromatic heterocycles. The molecule has 0 heterocycles. The highest BCUT2D eigenvalue weighted by molar-refractivity contribution is 7.75. The van der Waals surface area contributed by atoms with Crippen LogP contribution in [0.2, 0.25) is 0 Å². The Kier molecular flexibility index (Phi) is 6.38. The molecule has 0 aliphatic heterocycles. The quantitative estimate of drug-likeness (QED) is 0.705. The Morgan fingerprint density at radius 3 is 1.35 bits per heavy atom. The van der Waals surface area contributed by atoms with Gasteiger partial charge < -0.3 is 9.79 Å². The molecule has 2 N–H and O–H groups in total. The summed E-state index contributed by atoms with van der Waals surface area (Å²) >= 11 is 0. The zero-order valence-electron chi connectivity index (χ0n) is 12.9. The van der Waals surface area contributed by atoms with Crippen LogP contribution in [0, 0.1) is 0 Å².